The number of aliphatic carboxylic acids is 1. The Kier molecular flexibility index (Phi) is 2.77. The van der Waals surface area contributed by atoms with E-state index in [1.807, 2.05) is 0 Å². The first-order chi connectivity index (χ1) is 7.16. The van der Waals surface area contributed by atoms with Crippen molar-refractivity contribution in [3.8, 4) is 0 Å². The Morgan fingerprint density at radius 2 is 2.40 bits per heavy atom. The van der Waals surface area contributed by atoms with E-state index in [9.17, 15) is 9.59 Å². The fourth-order valence-electron chi connectivity index (χ4n) is 1.69. The van der Waals surface area contributed by atoms with Crippen molar-refractivity contribution in [1.29, 1.82) is 0 Å². The van der Waals surface area contributed by atoms with Gasteiger partial charge < -0.3 is 20.5 Å². The number of rotatable bonds is 5. The van der Waals surface area contributed by atoms with Gasteiger partial charge in [0.25, 0.3) is 0 Å². The van der Waals surface area contributed by atoms with Crippen molar-refractivity contribution in [2.24, 2.45) is 5.92 Å². The van der Waals surface area contributed by atoms with Crippen molar-refractivity contribution in [3.63, 3.8) is 0 Å². The van der Waals surface area contributed by atoms with Crippen LogP contribution in [0.5, 0.6) is 0 Å². The first kappa shape index (κ1) is 10.2. The fourth-order valence-corrected chi connectivity index (χ4v) is 1.69. The van der Waals surface area contributed by atoms with Gasteiger partial charge in [-0.1, -0.05) is 0 Å². The molecular weight excluding hydrogens is 200 g/mol. The number of nitrogens with one attached hydrogen (secondary N) is 2. The van der Waals surface area contributed by atoms with E-state index in [1.165, 1.54) is 0 Å². The van der Waals surface area contributed by atoms with E-state index in [4.69, 9.17) is 9.84 Å². The Morgan fingerprint density at radius 3 is 2.87 bits per heavy atom. The van der Waals surface area contributed by atoms with E-state index >= 15 is 0 Å². The van der Waals surface area contributed by atoms with Gasteiger partial charge in [-0.05, 0) is 18.8 Å². The first-order valence-corrected chi connectivity index (χ1v) is 5.07. The summed E-state index contributed by atoms with van der Waals surface area (Å²) in [4.78, 5) is 21.6. The standard InChI is InChI=1S/C9H14N2O4/c12-8(13)7(5-1-2-5)10-3-6-4-11-9(14)15-6/h5-7,10H,1-4H2,(H,11,14)(H,12,13). The molecule has 2 fully saturated rings. The number of alkyl carbamates (subject to hydrolysis) is 1. The molecule has 6 heteroatoms. The molecule has 1 aliphatic carbocycles. The Labute approximate surface area is 87.0 Å². The van der Waals surface area contributed by atoms with E-state index in [0.29, 0.717) is 13.1 Å². The molecule has 0 bridgehead atoms. The molecule has 1 saturated carbocycles. The smallest absolute Gasteiger partial charge is 0.407 e. The number of carboxylic acid groups (broad SMARTS) is 1. The van der Waals surface area contributed by atoms with Crippen molar-refractivity contribution in [3.05, 3.63) is 0 Å². The lowest BCUT2D eigenvalue weighted by Crippen LogP contribution is -2.43. The highest BCUT2D eigenvalue weighted by Gasteiger charge is 2.36. The molecule has 1 saturated heterocycles. The maximum atomic E-state index is 10.9. The zero-order chi connectivity index (χ0) is 10.8. The number of amides is 1. The van der Waals surface area contributed by atoms with Gasteiger partial charge in [0.2, 0.25) is 0 Å². The lowest BCUT2D eigenvalue weighted by molar-refractivity contribution is -0.140. The van der Waals surface area contributed by atoms with Crippen LogP contribution in [-0.4, -0.2) is 42.4 Å². The van der Waals surface area contributed by atoms with Gasteiger partial charge in [0.05, 0.1) is 6.54 Å². The number of carbonyl (C=O) groups excluding carboxylic acids is 1. The average Bonchev–Trinajstić information content (AvgIpc) is 2.90. The zero-order valence-corrected chi connectivity index (χ0v) is 8.23. The summed E-state index contributed by atoms with van der Waals surface area (Å²) in [5.74, 6) is -0.581. The third-order valence-corrected chi connectivity index (χ3v) is 2.67. The van der Waals surface area contributed by atoms with Crippen LogP contribution in [0.1, 0.15) is 12.8 Å². The van der Waals surface area contributed by atoms with Crippen LogP contribution >= 0.6 is 0 Å². The normalized spacial score (nSPS) is 26.9. The van der Waals surface area contributed by atoms with Crippen molar-refractivity contribution in [1.82, 2.24) is 10.6 Å². The van der Waals surface area contributed by atoms with Crippen LogP contribution in [0.15, 0.2) is 0 Å². The molecule has 2 rings (SSSR count). The predicted molar refractivity (Wildman–Crippen MR) is 50.4 cm³/mol. The molecule has 15 heavy (non-hydrogen) atoms. The van der Waals surface area contributed by atoms with Gasteiger partial charge >= 0.3 is 12.1 Å². The lowest BCUT2D eigenvalue weighted by atomic mass is 10.2. The summed E-state index contributed by atoms with van der Waals surface area (Å²) in [5.41, 5.74) is 0. The Hall–Kier alpha value is -1.30. The second-order valence-electron chi connectivity index (χ2n) is 3.97. The molecule has 2 unspecified atom stereocenters. The fraction of sp³-hybridized carbons (Fsp3) is 0.778. The SMILES string of the molecule is O=C1NCC(CNC(C(=O)O)C2CC2)O1. The van der Waals surface area contributed by atoms with Crippen LogP contribution in [0.2, 0.25) is 0 Å². The predicted octanol–water partition coefficient (Wildman–Crippen LogP) is -0.452. The van der Waals surface area contributed by atoms with Crippen LogP contribution in [0.4, 0.5) is 4.79 Å². The van der Waals surface area contributed by atoms with Crippen LogP contribution in [0.25, 0.3) is 0 Å². The third kappa shape index (κ3) is 2.59. The van der Waals surface area contributed by atoms with Crippen molar-refractivity contribution < 1.29 is 19.4 Å². The number of ether oxygens (including phenoxy) is 1. The molecule has 0 aromatic heterocycles. The van der Waals surface area contributed by atoms with Gasteiger partial charge in [-0.3, -0.25) is 4.79 Å². The van der Waals surface area contributed by atoms with Crippen molar-refractivity contribution in [2.75, 3.05) is 13.1 Å². The Morgan fingerprint density at radius 1 is 1.67 bits per heavy atom. The second-order valence-corrected chi connectivity index (χ2v) is 3.97. The molecule has 0 aromatic rings. The van der Waals surface area contributed by atoms with Gasteiger partial charge in [0.1, 0.15) is 12.1 Å². The summed E-state index contributed by atoms with van der Waals surface area (Å²) in [5, 5.41) is 14.4. The van der Waals surface area contributed by atoms with E-state index in [2.05, 4.69) is 10.6 Å². The van der Waals surface area contributed by atoms with Crippen molar-refractivity contribution >= 4 is 12.1 Å². The largest absolute Gasteiger partial charge is 0.480 e. The van der Waals surface area contributed by atoms with Gasteiger partial charge in [-0.25, -0.2) is 4.79 Å². The minimum atomic E-state index is -0.824. The topological polar surface area (TPSA) is 87.7 Å². The summed E-state index contributed by atoms with van der Waals surface area (Å²) in [7, 11) is 0. The summed E-state index contributed by atoms with van der Waals surface area (Å²) >= 11 is 0. The lowest BCUT2D eigenvalue weighted by Gasteiger charge is -2.15. The molecular formula is C9H14N2O4. The van der Waals surface area contributed by atoms with Crippen LogP contribution in [0, 0.1) is 5.92 Å². The average molecular weight is 214 g/mol. The summed E-state index contributed by atoms with van der Waals surface area (Å²) in [6, 6.07) is -0.496. The maximum Gasteiger partial charge on any atom is 0.407 e. The number of hydrogen-bond acceptors (Lipinski definition) is 4. The minimum Gasteiger partial charge on any atom is -0.480 e. The van der Waals surface area contributed by atoms with Crippen LogP contribution in [0.3, 0.4) is 0 Å². The number of carbonyl (C=O) groups is 2. The Bertz CT molecular complexity index is 277. The van der Waals surface area contributed by atoms with Gasteiger partial charge in [0, 0.05) is 6.54 Å². The molecule has 0 spiro atoms. The third-order valence-electron chi connectivity index (χ3n) is 2.67. The van der Waals surface area contributed by atoms with Gasteiger partial charge in [0.15, 0.2) is 0 Å². The molecule has 2 atom stereocenters. The van der Waals surface area contributed by atoms with Crippen molar-refractivity contribution in [2.45, 2.75) is 25.0 Å². The molecule has 0 aromatic carbocycles. The highest BCUT2D eigenvalue weighted by Crippen LogP contribution is 2.32. The molecule has 1 amide bonds. The van der Waals surface area contributed by atoms with Gasteiger partial charge in [-0.2, -0.15) is 0 Å². The molecule has 1 aliphatic heterocycles. The van der Waals surface area contributed by atoms with Crippen LogP contribution in [-0.2, 0) is 9.53 Å². The van der Waals surface area contributed by atoms with E-state index in [0.717, 1.165) is 12.8 Å². The minimum absolute atomic E-state index is 0.243. The molecule has 0 radical (unpaired) electrons. The molecule has 1 heterocycles. The second kappa shape index (κ2) is 4.06. The summed E-state index contributed by atoms with van der Waals surface area (Å²) < 4.78 is 4.89. The highest BCUT2D eigenvalue weighted by atomic mass is 16.6. The molecule has 3 N–H and O–H groups in total. The molecule has 6 nitrogen and oxygen atoms in total. The maximum absolute atomic E-state index is 10.9. The van der Waals surface area contributed by atoms with E-state index < -0.39 is 18.1 Å². The quantitative estimate of drug-likeness (QED) is 0.577. The zero-order valence-electron chi connectivity index (χ0n) is 8.23. The van der Waals surface area contributed by atoms with Crippen LogP contribution < -0.4 is 10.6 Å². The Balaban J connectivity index is 1.75. The summed E-state index contributed by atoms with van der Waals surface area (Å²) in [6.45, 7) is 0.842. The van der Waals surface area contributed by atoms with Gasteiger partial charge in [-0.15, -0.1) is 0 Å². The monoisotopic (exact) mass is 214 g/mol. The molecule has 2 aliphatic rings. The number of carboxylic acids is 1. The number of hydrogen-bond donors (Lipinski definition) is 3. The van der Waals surface area contributed by atoms with E-state index in [1.54, 1.807) is 0 Å². The summed E-state index contributed by atoms with van der Waals surface area (Å²) in [6.07, 6.45) is 1.25. The highest BCUT2D eigenvalue weighted by molar-refractivity contribution is 5.74. The number of cyclic esters (lactones) is 1. The van der Waals surface area contributed by atoms with E-state index in [-0.39, 0.29) is 12.0 Å². The first-order valence-electron chi connectivity index (χ1n) is 5.07. The molecule has 84 valence electrons.